The van der Waals surface area contributed by atoms with E-state index in [1.807, 2.05) is 13.8 Å². The molecule has 3 nitrogen and oxygen atoms in total. The topological polar surface area (TPSA) is 59.1 Å². The summed E-state index contributed by atoms with van der Waals surface area (Å²) in [6.07, 6.45) is 0.0588. The van der Waals surface area contributed by atoms with Crippen molar-refractivity contribution in [2.45, 2.75) is 32.9 Å². The molecule has 0 heterocycles. The molecule has 1 unspecified atom stereocenters. The van der Waals surface area contributed by atoms with Crippen LogP contribution in [0, 0.1) is 5.41 Å². The summed E-state index contributed by atoms with van der Waals surface area (Å²) < 4.78 is 4.97. The minimum Gasteiger partial charge on any atom is -0.477 e. The van der Waals surface area contributed by atoms with Gasteiger partial charge in [0.15, 0.2) is 5.90 Å². The third kappa shape index (κ3) is 3.97. The molecule has 0 saturated heterocycles. The maximum absolute atomic E-state index is 7.13. The van der Waals surface area contributed by atoms with Crippen molar-refractivity contribution in [1.29, 1.82) is 5.41 Å². The normalized spacial score (nSPS) is 13.4. The quantitative estimate of drug-likeness (QED) is 0.427. The standard InChI is InChI=1S/C6H14N2O/c1-4(2)9-6(8)5(3)7/h4-5,8H,7H2,1-3H3. The van der Waals surface area contributed by atoms with Gasteiger partial charge in [-0.3, -0.25) is 5.41 Å². The summed E-state index contributed by atoms with van der Waals surface area (Å²) in [5.74, 6) is 0.157. The van der Waals surface area contributed by atoms with Gasteiger partial charge >= 0.3 is 0 Å². The number of hydrogen-bond donors (Lipinski definition) is 2. The number of nitrogens with two attached hydrogens (primary N) is 1. The van der Waals surface area contributed by atoms with E-state index in [1.54, 1.807) is 6.92 Å². The average Bonchev–Trinajstić information content (AvgIpc) is 1.63. The van der Waals surface area contributed by atoms with Gasteiger partial charge < -0.3 is 10.5 Å². The van der Waals surface area contributed by atoms with Gasteiger partial charge in [0.05, 0.1) is 12.1 Å². The van der Waals surface area contributed by atoms with Crippen molar-refractivity contribution in [3.05, 3.63) is 0 Å². The summed E-state index contributed by atoms with van der Waals surface area (Å²) in [7, 11) is 0. The Kier molecular flexibility index (Phi) is 3.24. The molecule has 0 bridgehead atoms. The molecule has 3 heteroatoms. The molecule has 0 spiro atoms. The van der Waals surface area contributed by atoms with Crippen LogP contribution in [0.15, 0.2) is 0 Å². The second-order valence-corrected chi connectivity index (χ2v) is 2.32. The average molecular weight is 130 g/mol. The van der Waals surface area contributed by atoms with E-state index in [0.29, 0.717) is 0 Å². The van der Waals surface area contributed by atoms with Crippen molar-refractivity contribution in [3.8, 4) is 0 Å². The Morgan fingerprint density at radius 2 is 1.89 bits per heavy atom. The molecule has 0 aliphatic heterocycles. The molecule has 3 N–H and O–H groups in total. The largest absolute Gasteiger partial charge is 0.477 e. The van der Waals surface area contributed by atoms with E-state index >= 15 is 0 Å². The van der Waals surface area contributed by atoms with Gasteiger partial charge in [-0.05, 0) is 20.8 Å². The predicted molar refractivity (Wildman–Crippen MR) is 37.6 cm³/mol. The van der Waals surface area contributed by atoms with Crippen LogP contribution in [0.25, 0.3) is 0 Å². The molecule has 0 aliphatic carbocycles. The first-order valence-corrected chi connectivity index (χ1v) is 3.04. The SMILES string of the molecule is CC(C)OC(=N)C(C)N. The minimum absolute atomic E-state index is 0.0588. The lowest BCUT2D eigenvalue weighted by atomic mass is 10.3. The van der Waals surface area contributed by atoms with E-state index in [0.717, 1.165) is 0 Å². The van der Waals surface area contributed by atoms with Crippen molar-refractivity contribution in [2.75, 3.05) is 0 Å². The molecular formula is C6H14N2O. The molecule has 1 atom stereocenters. The smallest absolute Gasteiger partial charge is 0.197 e. The third-order valence-corrected chi connectivity index (χ3v) is 0.776. The van der Waals surface area contributed by atoms with E-state index in [1.165, 1.54) is 0 Å². The van der Waals surface area contributed by atoms with Gasteiger partial charge in [0.2, 0.25) is 0 Å². The first-order valence-electron chi connectivity index (χ1n) is 3.04. The van der Waals surface area contributed by atoms with E-state index in [-0.39, 0.29) is 18.0 Å². The van der Waals surface area contributed by atoms with Gasteiger partial charge in [-0.2, -0.15) is 0 Å². The van der Waals surface area contributed by atoms with Gasteiger partial charge in [-0.15, -0.1) is 0 Å². The van der Waals surface area contributed by atoms with Crippen LogP contribution in [0.5, 0.6) is 0 Å². The van der Waals surface area contributed by atoms with Gasteiger partial charge in [-0.1, -0.05) is 0 Å². The molecule has 0 rings (SSSR count). The van der Waals surface area contributed by atoms with Crippen molar-refractivity contribution >= 4 is 5.90 Å². The molecule has 0 aromatic rings. The predicted octanol–water partition coefficient (Wildman–Crippen LogP) is 0.736. The monoisotopic (exact) mass is 130 g/mol. The summed E-state index contributed by atoms with van der Waals surface area (Å²) in [4.78, 5) is 0. The van der Waals surface area contributed by atoms with Crippen LogP contribution in [-0.4, -0.2) is 18.0 Å². The lowest BCUT2D eigenvalue weighted by molar-refractivity contribution is 0.216. The molecule has 9 heavy (non-hydrogen) atoms. The van der Waals surface area contributed by atoms with Crippen LogP contribution in [0.1, 0.15) is 20.8 Å². The Morgan fingerprint density at radius 3 is 2.00 bits per heavy atom. The molecule has 0 aromatic carbocycles. The van der Waals surface area contributed by atoms with Crippen LogP contribution < -0.4 is 5.73 Å². The van der Waals surface area contributed by atoms with Crippen molar-refractivity contribution in [1.82, 2.24) is 0 Å². The van der Waals surface area contributed by atoms with E-state index < -0.39 is 0 Å². The Bertz CT molecular complexity index is 99.2. The summed E-state index contributed by atoms with van der Waals surface area (Å²) in [5.41, 5.74) is 5.33. The second-order valence-electron chi connectivity index (χ2n) is 2.32. The fourth-order valence-electron chi connectivity index (χ4n) is 0.361. The highest BCUT2D eigenvalue weighted by Gasteiger charge is 2.04. The number of nitrogens with one attached hydrogen (secondary N) is 1. The molecule has 0 aliphatic rings. The van der Waals surface area contributed by atoms with Gasteiger partial charge in [0.25, 0.3) is 0 Å². The fraction of sp³-hybridized carbons (Fsp3) is 0.833. The highest BCUT2D eigenvalue weighted by Crippen LogP contribution is 1.91. The van der Waals surface area contributed by atoms with E-state index in [4.69, 9.17) is 15.9 Å². The van der Waals surface area contributed by atoms with E-state index in [2.05, 4.69) is 0 Å². The van der Waals surface area contributed by atoms with Crippen LogP contribution in [0.2, 0.25) is 0 Å². The molecule has 0 amide bonds. The summed E-state index contributed by atoms with van der Waals surface area (Å²) >= 11 is 0. The van der Waals surface area contributed by atoms with Crippen LogP contribution in [-0.2, 0) is 4.74 Å². The lowest BCUT2D eigenvalue weighted by Crippen LogP contribution is -2.29. The summed E-state index contributed by atoms with van der Waals surface area (Å²) in [6.45, 7) is 5.47. The maximum Gasteiger partial charge on any atom is 0.197 e. The summed E-state index contributed by atoms with van der Waals surface area (Å²) in [6, 6.07) is -0.285. The van der Waals surface area contributed by atoms with Crippen LogP contribution in [0.4, 0.5) is 0 Å². The third-order valence-electron chi connectivity index (χ3n) is 0.776. The Hall–Kier alpha value is -0.570. The zero-order valence-corrected chi connectivity index (χ0v) is 6.14. The Labute approximate surface area is 55.7 Å². The molecule has 54 valence electrons. The molecule has 0 saturated carbocycles. The van der Waals surface area contributed by atoms with E-state index in [9.17, 15) is 0 Å². The highest BCUT2D eigenvalue weighted by atomic mass is 16.5. The van der Waals surface area contributed by atoms with Gasteiger partial charge in [0.1, 0.15) is 0 Å². The highest BCUT2D eigenvalue weighted by molar-refractivity contribution is 5.77. The molecule has 0 fully saturated rings. The number of hydrogen-bond acceptors (Lipinski definition) is 3. The van der Waals surface area contributed by atoms with Crippen LogP contribution in [0.3, 0.4) is 0 Å². The fourth-order valence-corrected chi connectivity index (χ4v) is 0.361. The molecule has 0 radical (unpaired) electrons. The Balaban J connectivity index is 3.51. The first-order chi connectivity index (χ1) is 4.04. The first kappa shape index (κ1) is 8.43. The second kappa shape index (κ2) is 3.45. The molecular weight excluding hydrogens is 116 g/mol. The van der Waals surface area contributed by atoms with Crippen LogP contribution >= 0.6 is 0 Å². The summed E-state index contributed by atoms with van der Waals surface area (Å²) in [5, 5.41) is 7.13. The number of rotatable bonds is 2. The molecule has 0 aromatic heterocycles. The van der Waals surface area contributed by atoms with Gasteiger partial charge in [0, 0.05) is 0 Å². The lowest BCUT2D eigenvalue weighted by Gasteiger charge is -2.12. The zero-order chi connectivity index (χ0) is 7.44. The maximum atomic E-state index is 7.13. The minimum atomic E-state index is -0.285. The zero-order valence-electron chi connectivity index (χ0n) is 6.14. The number of ether oxygens (including phenoxy) is 1. The van der Waals surface area contributed by atoms with Crippen molar-refractivity contribution < 1.29 is 4.74 Å². The Morgan fingerprint density at radius 1 is 1.44 bits per heavy atom. The van der Waals surface area contributed by atoms with Crippen molar-refractivity contribution in [3.63, 3.8) is 0 Å². The van der Waals surface area contributed by atoms with Gasteiger partial charge in [-0.25, -0.2) is 0 Å². The van der Waals surface area contributed by atoms with Crippen molar-refractivity contribution in [2.24, 2.45) is 5.73 Å².